The zero-order valence-corrected chi connectivity index (χ0v) is 9.40. The van der Waals surface area contributed by atoms with Gasteiger partial charge in [0.15, 0.2) is 0 Å². The minimum Gasteiger partial charge on any atom is -0.469 e. The molecule has 1 fully saturated rings. The lowest BCUT2D eigenvalue weighted by Crippen LogP contribution is -2.40. The normalized spacial score (nSPS) is 24.2. The number of carbonyl (C=O) groups excluding carboxylic acids is 1. The van der Waals surface area contributed by atoms with Gasteiger partial charge in [-0.25, -0.2) is 0 Å². The van der Waals surface area contributed by atoms with Crippen molar-refractivity contribution in [3.63, 3.8) is 0 Å². The van der Waals surface area contributed by atoms with Crippen molar-refractivity contribution in [2.45, 2.75) is 19.8 Å². The Bertz CT molecular complexity index is 260. The molecule has 1 unspecified atom stereocenters. The number of rotatable bonds is 3. The van der Waals surface area contributed by atoms with Gasteiger partial charge in [-0.05, 0) is 26.3 Å². The van der Waals surface area contributed by atoms with E-state index in [4.69, 9.17) is 10.00 Å². The third-order valence-electron chi connectivity index (χ3n) is 2.79. The quantitative estimate of drug-likeness (QED) is 0.653. The lowest BCUT2D eigenvalue weighted by Gasteiger charge is -2.31. The lowest BCUT2D eigenvalue weighted by molar-refractivity contribution is -0.147. The molecule has 0 bridgehead atoms. The molecule has 1 saturated heterocycles. The fourth-order valence-electron chi connectivity index (χ4n) is 2.01. The Labute approximate surface area is 90.8 Å². The number of esters is 1. The zero-order valence-electron chi connectivity index (χ0n) is 9.40. The third kappa shape index (κ3) is 3.52. The SMILES string of the molecule is COC(=O)[C@H]1CCCN(CC(C)C#N)C1. The van der Waals surface area contributed by atoms with Gasteiger partial charge in [-0.2, -0.15) is 5.26 Å². The van der Waals surface area contributed by atoms with Crippen LogP contribution in [0.1, 0.15) is 19.8 Å². The van der Waals surface area contributed by atoms with Crippen LogP contribution >= 0.6 is 0 Å². The highest BCUT2D eigenvalue weighted by Gasteiger charge is 2.26. The summed E-state index contributed by atoms with van der Waals surface area (Å²) in [4.78, 5) is 13.5. The van der Waals surface area contributed by atoms with Crippen molar-refractivity contribution in [2.75, 3.05) is 26.7 Å². The predicted molar refractivity (Wildman–Crippen MR) is 56.0 cm³/mol. The monoisotopic (exact) mass is 210 g/mol. The smallest absolute Gasteiger partial charge is 0.309 e. The zero-order chi connectivity index (χ0) is 11.3. The van der Waals surface area contributed by atoms with Crippen LogP contribution in [0.15, 0.2) is 0 Å². The number of carbonyl (C=O) groups is 1. The van der Waals surface area contributed by atoms with E-state index in [2.05, 4.69) is 11.0 Å². The maximum atomic E-state index is 11.4. The van der Waals surface area contributed by atoms with Gasteiger partial charge in [-0.1, -0.05) is 0 Å². The van der Waals surface area contributed by atoms with Crippen LogP contribution in [0.5, 0.6) is 0 Å². The molecule has 1 aliphatic rings. The number of hydrogen-bond donors (Lipinski definition) is 0. The van der Waals surface area contributed by atoms with E-state index in [-0.39, 0.29) is 17.8 Å². The molecule has 1 aliphatic heterocycles. The van der Waals surface area contributed by atoms with Crippen molar-refractivity contribution in [1.82, 2.24) is 4.90 Å². The lowest BCUT2D eigenvalue weighted by atomic mass is 9.97. The number of hydrogen-bond acceptors (Lipinski definition) is 4. The Morgan fingerprint density at radius 2 is 2.47 bits per heavy atom. The minimum atomic E-state index is -0.121. The number of likely N-dealkylation sites (tertiary alicyclic amines) is 1. The van der Waals surface area contributed by atoms with Crippen molar-refractivity contribution in [3.05, 3.63) is 0 Å². The first kappa shape index (κ1) is 12.0. The van der Waals surface area contributed by atoms with Crippen LogP contribution in [-0.2, 0) is 9.53 Å². The number of methoxy groups -OCH3 is 1. The Balaban J connectivity index is 2.42. The van der Waals surface area contributed by atoms with Crippen LogP contribution in [-0.4, -0.2) is 37.6 Å². The Morgan fingerprint density at radius 1 is 1.73 bits per heavy atom. The van der Waals surface area contributed by atoms with Gasteiger partial charge in [-0.15, -0.1) is 0 Å². The Morgan fingerprint density at radius 3 is 3.07 bits per heavy atom. The highest BCUT2D eigenvalue weighted by Crippen LogP contribution is 2.18. The summed E-state index contributed by atoms with van der Waals surface area (Å²) >= 11 is 0. The number of nitrogens with zero attached hydrogens (tertiary/aromatic N) is 2. The van der Waals surface area contributed by atoms with Crippen LogP contribution in [0.3, 0.4) is 0 Å². The molecule has 0 aliphatic carbocycles. The molecular formula is C11H18N2O2. The average Bonchev–Trinajstić information content (AvgIpc) is 2.28. The molecule has 1 heterocycles. The van der Waals surface area contributed by atoms with E-state index in [1.807, 2.05) is 6.92 Å². The highest BCUT2D eigenvalue weighted by atomic mass is 16.5. The molecule has 0 saturated carbocycles. The molecule has 4 heteroatoms. The first-order valence-electron chi connectivity index (χ1n) is 5.37. The molecule has 0 amide bonds. The van der Waals surface area contributed by atoms with Crippen molar-refractivity contribution in [1.29, 1.82) is 5.26 Å². The summed E-state index contributed by atoms with van der Waals surface area (Å²) in [7, 11) is 1.43. The first-order valence-corrected chi connectivity index (χ1v) is 5.37. The van der Waals surface area contributed by atoms with Crippen molar-refractivity contribution >= 4 is 5.97 Å². The van der Waals surface area contributed by atoms with Gasteiger partial charge in [0.1, 0.15) is 0 Å². The van der Waals surface area contributed by atoms with Gasteiger partial charge in [0.2, 0.25) is 0 Å². The molecule has 0 aromatic heterocycles. The fourth-order valence-corrected chi connectivity index (χ4v) is 2.01. The Kier molecular flexibility index (Phi) is 4.57. The molecule has 0 spiro atoms. The van der Waals surface area contributed by atoms with E-state index < -0.39 is 0 Å². The van der Waals surface area contributed by atoms with Gasteiger partial charge in [0.05, 0.1) is 25.0 Å². The average molecular weight is 210 g/mol. The Hall–Kier alpha value is -1.08. The second kappa shape index (κ2) is 5.72. The summed E-state index contributed by atoms with van der Waals surface area (Å²) < 4.78 is 4.74. The topological polar surface area (TPSA) is 53.3 Å². The standard InChI is InChI=1S/C11H18N2O2/c1-9(6-12)7-13-5-3-4-10(8-13)11(14)15-2/h9-10H,3-5,7-8H2,1-2H3/t9?,10-/m0/s1. The van der Waals surface area contributed by atoms with Gasteiger partial charge < -0.3 is 9.64 Å². The van der Waals surface area contributed by atoms with E-state index in [0.717, 1.165) is 32.5 Å². The molecule has 4 nitrogen and oxygen atoms in total. The molecule has 0 aromatic carbocycles. The highest BCUT2D eigenvalue weighted by molar-refractivity contribution is 5.72. The van der Waals surface area contributed by atoms with Crippen LogP contribution in [0.25, 0.3) is 0 Å². The van der Waals surface area contributed by atoms with E-state index in [1.165, 1.54) is 7.11 Å². The molecule has 0 aromatic rings. The van der Waals surface area contributed by atoms with E-state index in [1.54, 1.807) is 0 Å². The molecular weight excluding hydrogens is 192 g/mol. The number of ether oxygens (including phenoxy) is 1. The summed E-state index contributed by atoms with van der Waals surface area (Å²) in [5.74, 6) is -0.0969. The van der Waals surface area contributed by atoms with Gasteiger partial charge in [-0.3, -0.25) is 4.79 Å². The molecule has 15 heavy (non-hydrogen) atoms. The second-order valence-electron chi connectivity index (χ2n) is 4.15. The summed E-state index contributed by atoms with van der Waals surface area (Å²) in [5, 5.41) is 8.72. The molecule has 0 radical (unpaired) electrons. The molecule has 2 atom stereocenters. The van der Waals surface area contributed by atoms with Crippen LogP contribution < -0.4 is 0 Å². The second-order valence-corrected chi connectivity index (χ2v) is 4.15. The molecule has 0 N–H and O–H groups in total. The van der Waals surface area contributed by atoms with E-state index in [0.29, 0.717) is 0 Å². The summed E-state index contributed by atoms with van der Waals surface area (Å²) in [5.41, 5.74) is 0. The minimum absolute atomic E-state index is 0.00496. The van der Waals surface area contributed by atoms with Crippen molar-refractivity contribution in [2.24, 2.45) is 11.8 Å². The summed E-state index contributed by atoms with van der Waals surface area (Å²) in [6.45, 7) is 4.38. The summed E-state index contributed by atoms with van der Waals surface area (Å²) in [6, 6.07) is 2.21. The maximum Gasteiger partial charge on any atom is 0.309 e. The summed E-state index contributed by atoms with van der Waals surface area (Å²) in [6.07, 6.45) is 1.92. The van der Waals surface area contributed by atoms with Gasteiger partial charge in [0, 0.05) is 13.1 Å². The first-order chi connectivity index (χ1) is 7.17. The van der Waals surface area contributed by atoms with E-state index >= 15 is 0 Å². The fraction of sp³-hybridized carbons (Fsp3) is 0.818. The molecule has 84 valence electrons. The van der Waals surface area contributed by atoms with Crippen LogP contribution in [0, 0.1) is 23.2 Å². The maximum absolute atomic E-state index is 11.4. The van der Waals surface area contributed by atoms with Crippen molar-refractivity contribution < 1.29 is 9.53 Å². The number of piperidine rings is 1. The van der Waals surface area contributed by atoms with E-state index in [9.17, 15) is 4.79 Å². The van der Waals surface area contributed by atoms with Crippen LogP contribution in [0.4, 0.5) is 0 Å². The molecule has 1 rings (SSSR count). The third-order valence-corrected chi connectivity index (χ3v) is 2.79. The van der Waals surface area contributed by atoms with Crippen molar-refractivity contribution in [3.8, 4) is 6.07 Å². The largest absolute Gasteiger partial charge is 0.469 e. The predicted octanol–water partition coefficient (Wildman–Crippen LogP) is 1.03. The van der Waals surface area contributed by atoms with Gasteiger partial charge in [0.25, 0.3) is 0 Å². The number of nitriles is 1. The van der Waals surface area contributed by atoms with Gasteiger partial charge >= 0.3 is 5.97 Å². The van der Waals surface area contributed by atoms with Crippen LogP contribution in [0.2, 0.25) is 0 Å².